The second kappa shape index (κ2) is 8.41. The molecule has 1 aliphatic rings. The van der Waals surface area contributed by atoms with E-state index in [0.29, 0.717) is 11.1 Å². The average Bonchev–Trinajstić information content (AvgIpc) is 2.98. The molecule has 0 radical (unpaired) electrons. The number of halogens is 3. The molecule has 0 fully saturated rings. The van der Waals surface area contributed by atoms with E-state index in [0.717, 1.165) is 36.0 Å². The normalized spacial score (nSPS) is 13.6. The van der Waals surface area contributed by atoms with Crippen molar-refractivity contribution in [3.63, 3.8) is 0 Å². The third-order valence-electron chi connectivity index (χ3n) is 4.61. The minimum Gasteiger partial charge on any atom is -0.475 e. The first-order valence-corrected chi connectivity index (χ1v) is 10.4. The van der Waals surface area contributed by atoms with Crippen LogP contribution in [0.5, 0.6) is 0 Å². The number of nitrogens with one attached hydrogen (secondary N) is 1. The standard InChI is InChI=1S/C18H15N3O2S.C2HF3O2/c19-10-13-3-1-5-16(9-13)24(22,23)21-12-15-7-8-20-11-14-4-2-6-17(21)18(14)15;3-2(4,5)1(6)7/h1-6,9,12,20H,7-8,11H2;(H,6,7). The van der Waals surface area contributed by atoms with Crippen molar-refractivity contribution in [1.29, 1.82) is 5.26 Å². The van der Waals surface area contributed by atoms with Gasteiger partial charge in [-0.2, -0.15) is 18.4 Å². The molecule has 0 unspecified atom stereocenters. The van der Waals surface area contributed by atoms with Crippen molar-refractivity contribution in [3.8, 4) is 6.07 Å². The van der Waals surface area contributed by atoms with Gasteiger partial charge in [-0.1, -0.05) is 18.2 Å². The van der Waals surface area contributed by atoms with Gasteiger partial charge in [0, 0.05) is 18.1 Å². The van der Waals surface area contributed by atoms with Crippen LogP contribution in [0.15, 0.2) is 53.6 Å². The van der Waals surface area contributed by atoms with E-state index in [9.17, 15) is 21.6 Å². The largest absolute Gasteiger partial charge is 0.490 e. The first-order valence-electron chi connectivity index (χ1n) is 8.94. The smallest absolute Gasteiger partial charge is 0.475 e. The van der Waals surface area contributed by atoms with Crippen LogP contribution in [-0.2, 0) is 27.8 Å². The average molecular weight is 451 g/mol. The maximum Gasteiger partial charge on any atom is 0.490 e. The molecule has 162 valence electrons. The number of nitrogens with zero attached hydrogens (tertiary/aromatic N) is 2. The fraction of sp³-hybridized carbons (Fsp3) is 0.200. The molecule has 0 saturated carbocycles. The zero-order valence-corrected chi connectivity index (χ0v) is 16.7. The Morgan fingerprint density at radius 1 is 1.16 bits per heavy atom. The van der Waals surface area contributed by atoms with E-state index in [1.807, 2.05) is 24.3 Å². The van der Waals surface area contributed by atoms with Gasteiger partial charge in [-0.15, -0.1) is 0 Å². The summed E-state index contributed by atoms with van der Waals surface area (Å²) >= 11 is 0. The molecule has 2 heterocycles. The van der Waals surface area contributed by atoms with E-state index in [1.54, 1.807) is 18.3 Å². The number of carboxylic acid groups (broad SMARTS) is 1. The van der Waals surface area contributed by atoms with Gasteiger partial charge in [-0.25, -0.2) is 17.2 Å². The maximum atomic E-state index is 13.1. The molecule has 0 saturated heterocycles. The minimum absolute atomic E-state index is 0.130. The number of rotatable bonds is 2. The lowest BCUT2D eigenvalue weighted by atomic mass is 10.1. The Bertz CT molecular complexity index is 1290. The Balaban J connectivity index is 0.000000339. The number of hydrogen-bond donors (Lipinski definition) is 2. The van der Waals surface area contributed by atoms with Crippen molar-refractivity contribution in [2.24, 2.45) is 0 Å². The number of carbonyl (C=O) groups is 1. The molecule has 11 heteroatoms. The zero-order valence-electron chi connectivity index (χ0n) is 15.8. The molecule has 0 amide bonds. The summed E-state index contributed by atoms with van der Waals surface area (Å²) in [6, 6.07) is 13.9. The highest BCUT2D eigenvalue weighted by Gasteiger charge is 2.38. The van der Waals surface area contributed by atoms with Gasteiger partial charge in [0.05, 0.1) is 22.0 Å². The van der Waals surface area contributed by atoms with E-state index in [-0.39, 0.29) is 4.90 Å². The number of aliphatic carboxylic acids is 1. The number of aromatic nitrogens is 1. The Morgan fingerprint density at radius 3 is 2.48 bits per heavy atom. The number of alkyl halides is 3. The van der Waals surface area contributed by atoms with Crippen LogP contribution in [-0.4, -0.2) is 36.2 Å². The number of benzene rings is 2. The minimum atomic E-state index is -5.08. The predicted octanol–water partition coefficient (Wildman–Crippen LogP) is 3.03. The van der Waals surface area contributed by atoms with Crippen molar-refractivity contribution in [2.75, 3.05) is 6.54 Å². The van der Waals surface area contributed by atoms with Crippen LogP contribution in [0.3, 0.4) is 0 Å². The fourth-order valence-electron chi connectivity index (χ4n) is 3.24. The lowest BCUT2D eigenvalue weighted by molar-refractivity contribution is -0.192. The number of nitriles is 1. The highest BCUT2D eigenvalue weighted by Crippen LogP contribution is 2.30. The highest BCUT2D eigenvalue weighted by atomic mass is 32.2. The molecular formula is C20H16F3N3O4S. The molecule has 31 heavy (non-hydrogen) atoms. The van der Waals surface area contributed by atoms with Crippen LogP contribution in [0, 0.1) is 11.3 Å². The van der Waals surface area contributed by atoms with Gasteiger partial charge in [0.2, 0.25) is 0 Å². The summed E-state index contributed by atoms with van der Waals surface area (Å²) in [5, 5.41) is 20.5. The first-order chi connectivity index (χ1) is 14.6. The Hall–Kier alpha value is -3.36. The second-order valence-electron chi connectivity index (χ2n) is 6.64. The summed E-state index contributed by atoms with van der Waals surface area (Å²) in [5.74, 6) is -2.76. The molecule has 0 atom stereocenters. The van der Waals surface area contributed by atoms with E-state index >= 15 is 0 Å². The van der Waals surface area contributed by atoms with Crippen LogP contribution < -0.4 is 5.32 Å². The SMILES string of the molecule is N#Cc1cccc(S(=O)(=O)n2cc3c4c(cccc42)CNCC3)c1.O=C(O)C(F)(F)F. The third-order valence-corrected chi connectivity index (χ3v) is 6.28. The van der Waals surface area contributed by atoms with Crippen LogP contribution in [0.2, 0.25) is 0 Å². The molecule has 4 rings (SSSR count). The summed E-state index contributed by atoms with van der Waals surface area (Å²) in [6.45, 7) is 1.55. The van der Waals surface area contributed by atoms with Crippen LogP contribution in [0.4, 0.5) is 13.2 Å². The third kappa shape index (κ3) is 4.55. The monoisotopic (exact) mass is 451 g/mol. The van der Waals surface area contributed by atoms with Gasteiger partial charge < -0.3 is 10.4 Å². The van der Waals surface area contributed by atoms with Gasteiger partial charge in [0.25, 0.3) is 10.0 Å². The summed E-state index contributed by atoms with van der Waals surface area (Å²) in [4.78, 5) is 9.03. The summed E-state index contributed by atoms with van der Waals surface area (Å²) < 4.78 is 59.3. The van der Waals surface area contributed by atoms with Crippen molar-refractivity contribution < 1.29 is 31.5 Å². The highest BCUT2D eigenvalue weighted by molar-refractivity contribution is 7.90. The summed E-state index contributed by atoms with van der Waals surface area (Å²) in [6.07, 6.45) is -2.58. The summed E-state index contributed by atoms with van der Waals surface area (Å²) in [5.41, 5.74) is 3.16. The van der Waals surface area contributed by atoms with Gasteiger partial charge in [0.15, 0.2) is 0 Å². The molecule has 0 bridgehead atoms. The number of hydrogen-bond acceptors (Lipinski definition) is 5. The molecule has 7 nitrogen and oxygen atoms in total. The van der Waals surface area contributed by atoms with Crippen LogP contribution in [0.1, 0.15) is 16.7 Å². The molecule has 3 aromatic rings. The number of carboxylic acids is 1. The Kier molecular flexibility index (Phi) is 6.06. The quantitative estimate of drug-likeness (QED) is 0.620. The molecule has 0 aliphatic carbocycles. The lowest BCUT2D eigenvalue weighted by Gasteiger charge is -2.09. The molecule has 0 spiro atoms. The Labute approximate surface area is 175 Å². The van der Waals surface area contributed by atoms with E-state index < -0.39 is 22.2 Å². The van der Waals surface area contributed by atoms with E-state index in [1.165, 1.54) is 16.1 Å². The molecule has 2 N–H and O–H groups in total. The molecular weight excluding hydrogens is 435 g/mol. The second-order valence-corrected chi connectivity index (χ2v) is 8.45. The van der Waals surface area contributed by atoms with Gasteiger partial charge in [-0.05, 0) is 48.4 Å². The van der Waals surface area contributed by atoms with Gasteiger partial charge in [-0.3, -0.25) is 0 Å². The van der Waals surface area contributed by atoms with E-state index in [2.05, 4.69) is 5.32 Å². The maximum absolute atomic E-state index is 13.1. The van der Waals surface area contributed by atoms with Crippen molar-refractivity contribution >= 4 is 26.9 Å². The zero-order chi connectivity index (χ0) is 22.8. The van der Waals surface area contributed by atoms with Gasteiger partial charge >= 0.3 is 12.1 Å². The van der Waals surface area contributed by atoms with Crippen molar-refractivity contribution in [3.05, 3.63) is 65.4 Å². The molecule has 1 aliphatic heterocycles. The fourth-order valence-corrected chi connectivity index (χ4v) is 4.67. The van der Waals surface area contributed by atoms with Crippen LogP contribution in [0.25, 0.3) is 10.9 Å². The molecule has 2 aromatic carbocycles. The van der Waals surface area contributed by atoms with Crippen molar-refractivity contribution in [2.45, 2.75) is 24.0 Å². The van der Waals surface area contributed by atoms with Crippen LogP contribution >= 0.6 is 0 Å². The first kappa shape index (κ1) is 22.3. The topological polar surface area (TPSA) is 112 Å². The summed E-state index contributed by atoms with van der Waals surface area (Å²) in [7, 11) is -3.74. The predicted molar refractivity (Wildman–Crippen MR) is 105 cm³/mol. The Morgan fingerprint density at radius 2 is 1.84 bits per heavy atom. The lowest BCUT2D eigenvalue weighted by Crippen LogP contribution is -2.21. The van der Waals surface area contributed by atoms with Gasteiger partial charge in [0.1, 0.15) is 0 Å². The molecule has 1 aromatic heterocycles. The van der Waals surface area contributed by atoms with Crippen molar-refractivity contribution in [1.82, 2.24) is 9.29 Å². The van der Waals surface area contributed by atoms with E-state index in [4.69, 9.17) is 15.2 Å².